The van der Waals surface area contributed by atoms with Crippen molar-refractivity contribution in [2.45, 2.75) is 42.3 Å². The number of benzene rings is 2. The summed E-state index contributed by atoms with van der Waals surface area (Å²) in [5.74, 6) is 0.728. The number of alkyl halides is 7. The molecule has 4 nitrogen and oxygen atoms in total. The SMILES string of the molecule is C=CC1C[N+]2(Cc3cc(C(F)(F)F)cc(C(F)(F)F)c3)CCC1C[C@H]2[C@](O)(Br)c1ccnc2ccc(OC)cc12. The zero-order chi connectivity index (χ0) is 29.1. The molecule has 0 radical (unpaired) electrons. The van der Waals surface area contributed by atoms with Crippen molar-refractivity contribution < 1.29 is 40.7 Å². The van der Waals surface area contributed by atoms with Gasteiger partial charge in [0.15, 0.2) is 4.51 Å². The van der Waals surface area contributed by atoms with E-state index in [-0.39, 0.29) is 34.5 Å². The molecular weight excluding hydrogens is 602 g/mol. The Morgan fingerprint density at radius 1 is 1.07 bits per heavy atom. The second-order valence-electron chi connectivity index (χ2n) is 10.8. The van der Waals surface area contributed by atoms with Crippen molar-refractivity contribution in [1.82, 2.24) is 4.98 Å². The summed E-state index contributed by atoms with van der Waals surface area (Å²) in [6, 6.07) is 8.08. The van der Waals surface area contributed by atoms with Gasteiger partial charge < -0.3 is 14.3 Å². The number of halogens is 7. The van der Waals surface area contributed by atoms with Crippen molar-refractivity contribution in [2.75, 3.05) is 20.2 Å². The van der Waals surface area contributed by atoms with Gasteiger partial charge in [-0.15, -0.1) is 6.58 Å². The first-order valence-corrected chi connectivity index (χ1v) is 13.6. The van der Waals surface area contributed by atoms with Crippen LogP contribution in [0.1, 0.15) is 35.1 Å². The molecular formula is C29H28BrF6N2O2+. The summed E-state index contributed by atoms with van der Waals surface area (Å²) in [6.45, 7) is 4.73. The van der Waals surface area contributed by atoms with E-state index >= 15 is 0 Å². The average Bonchev–Trinajstić information content (AvgIpc) is 2.91. The average molecular weight is 630 g/mol. The number of fused-ring (bicyclic) bond motifs is 4. The Morgan fingerprint density at radius 3 is 2.35 bits per heavy atom. The molecule has 3 aliphatic rings. The Morgan fingerprint density at radius 2 is 1.75 bits per heavy atom. The summed E-state index contributed by atoms with van der Waals surface area (Å²) in [5, 5.41) is 12.8. The molecule has 11 heteroatoms. The Labute approximate surface area is 236 Å². The van der Waals surface area contributed by atoms with E-state index in [9.17, 15) is 31.4 Å². The Kier molecular flexibility index (Phi) is 7.24. The maximum Gasteiger partial charge on any atom is 0.416 e. The van der Waals surface area contributed by atoms with Gasteiger partial charge in [-0.3, -0.25) is 4.98 Å². The van der Waals surface area contributed by atoms with Crippen LogP contribution in [0.4, 0.5) is 26.3 Å². The minimum Gasteiger partial charge on any atom is -0.497 e. The highest BCUT2D eigenvalue weighted by molar-refractivity contribution is 9.09. The third-order valence-electron chi connectivity index (χ3n) is 8.53. The molecule has 5 atom stereocenters. The van der Waals surface area contributed by atoms with Crippen molar-refractivity contribution >= 4 is 26.8 Å². The summed E-state index contributed by atoms with van der Waals surface area (Å²) in [4.78, 5) is 4.38. The quantitative estimate of drug-likeness (QED) is 0.133. The number of pyridine rings is 1. The van der Waals surface area contributed by atoms with Crippen LogP contribution in [0, 0.1) is 11.8 Å². The first-order valence-electron chi connectivity index (χ1n) is 12.8. The van der Waals surface area contributed by atoms with Crippen LogP contribution < -0.4 is 4.74 Å². The predicted octanol–water partition coefficient (Wildman–Crippen LogP) is 7.43. The lowest BCUT2D eigenvalue weighted by atomic mass is 9.71. The second-order valence-corrected chi connectivity index (χ2v) is 12.0. The largest absolute Gasteiger partial charge is 0.497 e. The van der Waals surface area contributed by atoms with E-state index in [1.807, 2.05) is 0 Å². The molecule has 4 heterocycles. The van der Waals surface area contributed by atoms with E-state index in [0.717, 1.165) is 12.1 Å². The maximum atomic E-state index is 13.7. The number of quaternary nitrogens is 1. The highest BCUT2D eigenvalue weighted by Gasteiger charge is 2.59. The first kappa shape index (κ1) is 28.9. The van der Waals surface area contributed by atoms with E-state index in [1.54, 1.807) is 36.5 Å². The van der Waals surface area contributed by atoms with Crippen molar-refractivity contribution in [3.63, 3.8) is 0 Å². The van der Waals surface area contributed by atoms with Crippen molar-refractivity contribution in [2.24, 2.45) is 11.8 Å². The smallest absolute Gasteiger partial charge is 0.416 e. The fourth-order valence-electron chi connectivity index (χ4n) is 6.63. The molecule has 40 heavy (non-hydrogen) atoms. The fraction of sp³-hybridized carbons (Fsp3) is 0.414. The third kappa shape index (κ3) is 5.12. The monoisotopic (exact) mass is 629 g/mol. The number of aliphatic hydroxyl groups is 1. The van der Waals surface area contributed by atoms with Crippen LogP contribution in [0.5, 0.6) is 5.75 Å². The van der Waals surface area contributed by atoms with Gasteiger partial charge in [-0.25, -0.2) is 0 Å². The lowest BCUT2D eigenvalue weighted by Gasteiger charge is -2.59. The number of aromatic nitrogens is 1. The van der Waals surface area contributed by atoms with Crippen LogP contribution in [0.25, 0.3) is 10.9 Å². The number of rotatable bonds is 6. The van der Waals surface area contributed by atoms with Gasteiger partial charge in [0.1, 0.15) is 18.3 Å². The summed E-state index contributed by atoms with van der Waals surface area (Å²) < 4.78 is 85.8. The summed E-state index contributed by atoms with van der Waals surface area (Å²) in [5.41, 5.74) is -1.67. The molecule has 0 saturated carbocycles. The van der Waals surface area contributed by atoms with Gasteiger partial charge in [-0.1, -0.05) is 6.08 Å². The highest BCUT2D eigenvalue weighted by atomic mass is 79.9. The summed E-state index contributed by atoms with van der Waals surface area (Å²) in [6.07, 6.45) is -5.31. The number of hydrogen-bond acceptors (Lipinski definition) is 3. The van der Waals surface area contributed by atoms with Crippen molar-refractivity contribution in [1.29, 1.82) is 0 Å². The number of ether oxygens (including phenoxy) is 1. The van der Waals surface area contributed by atoms with Crippen molar-refractivity contribution in [3.8, 4) is 5.75 Å². The summed E-state index contributed by atoms with van der Waals surface area (Å²) in [7, 11) is 1.52. The fourth-order valence-corrected chi connectivity index (χ4v) is 7.60. The van der Waals surface area contributed by atoms with Gasteiger partial charge in [0.05, 0.1) is 36.8 Å². The van der Waals surface area contributed by atoms with Gasteiger partial charge in [-0.05, 0) is 64.3 Å². The van der Waals surface area contributed by atoms with Gasteiger partial charge in [-0.2, -0.15) is 26.3 Å². The van der Waals surface area contributed by atoms with Crippen LogP contribution in [0.2, 0.25) is 0 Å². The second kappa shape index (κ2) is 10.0. The van der Waals surface area contributed by atoms with Crippen molar-refractivity contribution in [3.05, 3.63) is 83.6 Å². The molecule has 3 saturated heterocycles. The molecule has 2 bridgehead atoms. The van der Waals surface area contributed by atoms with Crippen LogP contribution in [-0.2, 0) is 23.4 Å². The molecule has 0 aliphatic carbocycles. The van der Waals surface area contributed by atoms with Crippen LogP contribution in [-0.4, -0.2) is 40.8 Å². The standard InChI is InChI=1S/C29H28BrF6N2O2/c1-3-18-16-38(15-17-10-20(28(31,32)33)13-21(11-17)29(34,35)36)9-7-19(18)12-26(38)27(30,39)24-6-8-37-25-5-4-22(40-2)14-23(24)25/h3-6,8,10-11,13-14,18-19,26,39H,1,7,9,12,15-16H2,2H3/q+1/t18?,19?,26-,27-,38?/m0/s1. The lowest BCUT2D eigenvalue weighted by Crippen LogP contribution is -2.70. The summed E-state index contributed by atoms with van der Waals surface area (Å²) >= 11 is 3.59. The molecule has 1 N–H and O–H groups in total. The van der Waals surface area contributed by atoms with Crippen LogP contribution in [0.3, 0.4) is 0 Å². The molecule has 6 rings (SSSR count). The zero-order valence-electron chi connectivity index (χ0n) is 21.6. The third-order valence-corrected chi connectivity index (χ3v) is 9.48. The minimum atomic E-state index is -4.95. The Balaban J connectivity index is 1.64. The number of hydrogen-bond donors (Lipinski definition) is 1. The maximum absolute atomic E-state index is 13.7. The predicted molar refractivity (Wildman–Crippen MR) is 141 cm³/mol. The number of methoxy groups -OCH3 is 1. The molecule has 1 aromatic heterocycles. The van der Waals surface area contributed by atoms with Crippen LogP contribution in [0.15, 0.2) is 61.3 Å². The molecule has 3 aromatic rings. The van der Waals surface area contributed by atoms with E-state index in [2.05, 4.69) is 27.5 Å². The Hall–Kier alpha value is -2.63. The minimum absolute atomic E-state index is 0.00969. The van der Waals surface area contributed by atoms with Gasteiger partial charge in [0.25, 0.3) is 0 Å². The molecule has 0 amide bonds. The van der Waals surface area contributed by atoms with E-state index < -0.39 is 34.0 Å². The van der Waals surface area contributed by atoms with Gasteiger partial charge in [0.2, 0.25) is 0 Å². The molecule has 214 valence electrons. The molecule has 3 fully saturated rings. The van der Waals surface area contributed by atoms with Gasteiger partial charge >= 0.3 is 12.4 Å². The van der Waals surface area contributed by atoms with E-state index in [1.165, 1.54) is 7.11 Å². The number of piperidine rings is 3. The van der Waals surface area contributed by atoms with E-state index in [4.69, 9.17) is 4.74 Å². The molecule has 3 unspecified atom stereocenters. The van der Waals surface area contributed by atoms with E-state index in [0.29, 0.717) is 48.1 Å². The molecule has 0 spiro atoms. The Bertz CT molecular complexity index is 1410. The normalized spacial score (nSPS) is 26.5. The number of nitrogens with zero attached hydrogens (tertiary/aromatic N) is 2. The zero-order valence-corrected chi connectivity index (χ0v) is 23.2. The lowest BCUT2D eigenvalue weighted by molar-refractivity contribution is -0.986. The topological polar surface area (TPSA) is 42.4 Å². The first-order chi connectivity index (χ1) is 18.7. The molecule has 3 aliphatic heterocycles. The van der Waals surface area contributed by atoms with Crippen LogP contribution >= 0.6 is 15.9 Å². The highest BCUT2D eigenvalue weighted by Crippen LogP contribution is 2.52. The van der Waals surface area contributed by atoms with Gasteiger partial charge in [0, 0.05) is 41.5 Å². The molecule has 2 aromatic carbocycles.